The molecule has 0 radical (unpaired) electrons. The lowest BCUT2D eigenvalue weighted by Gasteiger charge is -2.70. The van der Waals surface area contributed by atoms with Gasteiger partial charge in [0, 0.05) is 0 Å². The van der Waals surface area contributed by atoms with Crippen molar-refractivity contribution in [3.05, 3.63) is 11.6 Å². The Morgan fingerprint density at radius 2 is 1.42 bits per heavy atom. The van der Waals surface area contributed by atoms with Gasteiger partial charge in [-0.3, -0.25) is 4.79 Å². The normalized spacial score (nSPS) is 52.4. The second kappa shape index (κ2) is 6.89. The summed E-state index contributed by atoms with van der Waals surface area (Å²) in [6.45, 7) is 16.9. The summed E-state index contributed by atoms with van der Waals surface area (Å²) in [5.41, 5.74) is 1.64. The van der Waals surface area contributed by atoms with Gasteiger partial charge in [0.15, 0.2) is 0 Å². The summed E-state index contributed by atoms with van der Waals surface area (Å²) in [5, 5.41) is 21.4. The van der Waals surface area contributed by atoms with E-state index in [0.29, 0.717) is 11.8 Å². The third-order valence-electron chi connectivity index (χ3n) is 12.7. The number of hydrogen-bond acceptors (Lipinski definition) is 2. The molecule has 5 rings (SSSR count). The molecule has 4 saturated carbocycles. The van der Waals surface area contributed by atoms with Gasteiger partial charge in [-0.25, -0.2) is 0 Å². The standard InChI is InChI=1S/C30H48O3/c1-25(2)16-17-30(24(32)33)15-10-21-28(6)12-8-19-26(3,4)23(31)11-14-27(19,5)20(28)9-13-29(21,7)22(30)18-25/h10,19-20,22-23,31H,8-9,11-18H2,1-7H3,(H,32,33)/t19-,20+,22-,23-,27-,28+,29+,30+/m0/s1. The number of carboxylic acids is 1. The second-order valence-electron chi connectivity index (χ2n) is 15.1. The minimum atomic E-state index is -0.574. The lowest BCUT2D eigenvalue weighted by molar-refractivity contribution is -0.189. The van der Waals surface area contributed by atoms with Gasteiger partial charge >= 0.3 is 5.97 Å². The first-order chi connectivity index (χ1) is 15.1. The average Bonchev–Trinajstić information content (AvgIpc) is 2.70. The molecular formula is C30H48O3. The van der Waals surface area contributed by atoms with E-state index in [4.69, 9.17) is 0 Å². The summed E-state index contributed by atoms with van der Waals surface area (Å²) in [4.78, 5) is 12.8. The number of carboxylic acid groups (broad SMARTS) is 1. The number of aliphatic hydroxyl groups excluding tert-OH is 1. The number of aliphatic hydroxyl groups is 1. The maximum atomic E-state index is 12.8. The predicted octanol–water partition coefficient (Wildman–Crippen LogP) is 7.23. The number of hydrogen-bond donors (Lipinski definition) is 2. The van der Waals surface area contributed by atoms with Crippen LogP contribution in [0.2, 0.25) is 0 Å². The maximum Gasteiger partial charge on any atom is 0.310 e. The molecule has 0 aromatic heterocycles. The number of carbonyl (C=O) groups is 1. The Morgan fingerprint density at radius 3 is 2.06 bits per heavy atom. The Hall–Kier alpha value is -0.830. The van der Waals surface area contributed by atoms with Gasteiger partial charge in [-0.15, -0.1) is 0 Å². The first-order valence-corrected chi connectivity index (χ1v) is 13.8. The summed E-state index contributed by atoms with van der Waals surface area (Å²) in [5.74, 6) is 0.875. The average molecular weight is 457 g/mol. The molecule has 8 atom stereocenters. The molecule has 3 nitrogen and oxygen atoms in total. The summed E-state index contributed by atoms with van der Waals surface area (Å²) >= 11 is 0. The molecule has 0 saturated heterocycles. The highest BCUT2D eigenvalue weighted by Crippen LogP contribution is 2.75. The molecule has 5 aliphatic carbocycles. The lowest BCUT2D eigenvalue weighted by Crippen LogP contribution is -2.64. The lowest BCUT2D eigenvalue weighted by atomic mass is 9.34. The molecule has 33 heavy (non-hydrogen) atoms. The first-order valence-electron chi connectivity index (χ1n) is 13.8. The van der Waals surface area contributed by atoms with Crippen LogP contribution in [0.5, 0.6) is 0 Å². The molecular weight excluding hydrogens is 408 g/mol. The fourth-order valence-electron chi connectivity index (χ4n) is 10.9. The van der Waals surface area contributed by atoms with Crippen LogP contribution >= 0.6 is 0 Å². The fraction of sp³-hybridized carbons (Fsp3) is 0.900. The Morgan fingerprint density at radius 1 is 0.818 bits per heavy atom. The Kier molecular flexibility index (Phi) is 4.99. The van der Waals surface area contributed by atoms with Crippen molar-refractivity contribution in [2.75, 3.05) is 0 Å². The zero-order valence-corrected chi connectivity index (χ0v) is 22.3. The SMILES string of the molecule is CC1(C)CC[C@]2(C(=O)O)CC=C3[C@]4(C)CC[C@H]5C(C)(C)[C@@H](O)CC[C@]5(C)[C@H]4CC[C@@]3(C)[C@@H]2C1. The molecule has 0 spiro atoms. The zero-order valence-electron chi connectivity index (χ0n) is 22.3. The monoisotopic (exact) mass is 456 g/mol. The van der Waals surface area contributed by atoms with E-state index in [-0.39, 0.29) is 39.1 Å². The van der Waals surface area contributed by atoms with Crippen LogP contribution in [0.1, 0.15) is 113 Å². The summed E-state index contributed by atoms with van der Waals surface area (Å²) in [6, 6.07) is 0. The van der Waals surface area contributed by atoms with Crippen LogP contribution in [0.15, 0.2) is 11.6 Å². The van der Waals surface area contributed by atoms with Crippen LogP contribution in [-0.4, -0.2) is 22.3 Å². The fourth-order valence-corrected chi connectivity index (χ4v) is 10.9. The van der Waals surface area contributed by atoms with Gasteiger partial charge in [-0.1, -0.05) is 60.1 Å². The molecule has 5 aliphatic rings. The van der Waals surface area contributed by atoms with Crippen molar-refractivity contribution in [1.29, 1.82) is 0 Å². The molecule has 0 aliphatic heterocycles. The molecule has 0 heterocycles. The van der Waals surface area contributed by atoms with Crippen molar-refractivity contribution in [3.63, 3.8) is 0 Å². The van der Waals surface area contributed by atoms with Crippen molar-refractivity contribution in [1.82, 2.24) is 0 Å². The highest BCUT2D eigenvalue weighted by atomic mass is 16.4. The van der Waals surface area contributed by atoms with Gasteiger partial charge in [0.1, 0.15) is 0 Å². The number of rotatable bonds is 1. The van der Waals surface area contributed by atoms with E-state index in [1.807, 2.05) is 0 Å². The largest absolute Gasteiger partial charge is 0.481 e. The van der Waals surface area contributed by atoms with Gasteiger partial charge in [0.2, 0.25) is 0 Å². The van der Waals surface area contributed by atoms with Gasteiger partial charge in [0.05, 0.1) is 11.5 Å². The predicted molar refractivity (Wildman–Crippen MR) is 133 cm³/mol. The number of aliphatic carboxylic acids is 1. The Labute approximate surface area is 201 Å². The third kappa shape index (κ3) is 2.93. The zero-order chi connectivity index (χ0) is 24.2. The van der Waals surface area contributed by atoms with Crippen LogP contribution in [0.25, 0.3) is 0 Å². The topological polar surface area (TPSA) is 57.5 Å². The molecule has 0 bridgehead atoms. The highest BCUT2D eigenvalue weighted by Gasteiger charge is 2.68. The second-order valence-corrected chi connectivity index (χ2v) is 15.1. The van der Waals surface area contributed by atoms with E-state index in [1.54, 1.807) is 5.57 Å². The van der Waals surface area contributed by atoms with Crippen LogP contribution in [0.3, 0.4) is 0 Å². The van der Waals surface area contributed by atoms with Gasteiger partial charge < -0.3 is 10.2 Å². The maximum absolute atomic E-state index is 12.8. The molecule has 3 heteroatoms. The van der Waals surface area contributed by atoms with Crippen molar-refractivity contribution in [2.24, 2.45) is 50.2 Å². The Balaban J connectivity index is 1.59. The molecule has 2 N–H and O–H groups in total. The number of allylic oxidation sites excluding steroid dienone is 2. The van der Waals surface area contributed by atoms with E-state index in [1.165, 1.54) is 19.3 Å². The van der Waals surface area contributed by atoms with Crippen molar-refractivity contribution in [3.8, 4) is 0 Å². The van der Waals surface area contributed by atoms with Crippen LogP contribution < -0.4 is 0 Å². The summed E-state index contributed by atoms with van der Waals surface area (Å²) in [7, 11) is 0. The van der Waals surface area contributed by atoms with Gasteiger partial charge in [0.25, 0.3) is 0 Å². The third-order valence-corrected chi connectivity index (χ3v) is 12.7. The Bertz CT molecular complexity index is 885. The van der Waals surface area contributed by atoms with Crippen molar-refractivity contribution < 1.29 is 15.0 Å². The van der Waals surface area contributed by atoms with Gasteiger partial charge in [-0.2, -0.15) is 0 Å². The van der Waals surface area contributed by atoms with E-state index in [2.05, 4.69) is 54.5 Å². The van der Waals surface area contributed by atoms with Crippen molar-refractivity contribution >= 4 is 5.97 Å². The molecule has 186 valence electrons. The quantitative estimate of drug-likeness (QED) is 0.409. The first kappa shape index (κ1) is 23.9. The smallest absolute Gasteiger partial charge is 0.310 e. The minimum absolute atomic E-state index is 0.00747. The van der Waals surface area contributed by atoms with E-state index in [0.717, 1.165) is 44.9 Å². The highest BCUT2D eigenvalue weighted by molar-refractivity contribution is 5.76. The number of fused-ring (bicyclic) bond motifs is 7. The summed E-state index contributed by atoms with van der Waals surface area (Å²) in [6.07, 6.45) is 12.6. The molecule has 0 amide bonds. The summed E-state index contributed by atoms with van der Waals surface area (Å²) < 4.78 is 0. The van der Waals surface area contributed by atoms with Crippen molar-refractivity contribution in [2.45, 2.75) is 119 Å². The van der Waals surface area contributed by atoms with E-state index in [9.17, 15) is 15.0 Å². The van der Waals surface area contributed by atoms with Crippen LogP contribution in [-0.2, 0) is 4.79 Å². The van der Waals surface area contributed by atoms with Crippen LogP contribution in [0, 0.1) is 50.2 Å². The molecule has 0 unspecified atom stereocenters. The molecule has 0 aromatic rings. The minimum Gasteiger partial charge on any atom is -0.481 e. The molecule has 4 fully saturated rings. The molecule has 0 aromatic carbocycles. The van der Waals surface area contributed by atoms with Crippen LogP contribution in [0.4, 0.5) is 0 Å². The van der Waals surface area contributed by atoms with Gasteiger partial charge in [-0.05, 0) is 109 Å². The van der Waals surface area contributed by atoms with E-state index < -0.39 is 11.4 Å². The van der Waals surface area contributed by atoms with E-state index >= 15 is 0 Å².